The first-order chi connectivity index (χ1) is 12.7. The van der Waals surface area contributed by atoms with Crippen LogP contribution in [0.2, 0.25) is 0 Å². The lowest BCUT2D eigenvalue weighted by molar-refractivity contribution is -0.116. The van der Waals surface area contributed by atoms with E-state index in [1.54, 1.807) is 37.3 Å². The number of anilines is 1. The van der Waals surface area contributed by atoms with Gasteiger partial charge < -0.3 is 10.1 Å². The van der Waals surface area contributed by atoms with Crippen molar-refractivity contribution in [2.75, 3.05) is 25.5 Å². The molecule has 1 N–H and O–H groups in total. The van der Waals surface area contributed by atoms with Crippen LogP contribution in [0.15, 0.2) is 53.4 Å². The Morgan fingerprint density at radius 2 is 1.78 bits per heavy atom. The molecule has 0 spiro atoms. The van der Waals surface area contributed by atoms with Gasteiger partial charge in [-0.25, -0.2) is 13.2 Å². The van der Waals surface area contributed by atoms with Crippen molar-refractivity contribution in [1.29, 1.82) is 0 Å². The Morgan fingerprint density at radius 3 is 2.41 bits per heavy atom. The highest BCUT2D eigenvalue weighted by Crippen LogP contribution is 2.16. The molecule has 0 aliphatic rings. The number of nitrogens with one attached hydrogen (secondary N) is 1. The zero-order valence-electron chi connectivity index (χ0n) is 15.4. The van der Waals surface area contributed by atoms with Crippen LogP contribution >= 0.6 is 0 Å². The van der Waals surface area contributed by atoms with Crippen molar-refractivity contribution in [2.24, 2.45) is 0 Å². The van der Waals surface area contributed by atoms with Crippen molar-refractivity contribution < 1.29 is 22.7 Å². The number of esters is 1. The number of nitrogens with zero attached hydrogens (tertiary/aromatic N) is 1. The summed E-state index contributed by atoms with van der Waals surface area (Å²) in [5, 5.41) is 2.59. The minimum atomic E-state index is -3.77. The quantitative estimate of drug-likeness (QED) is 0.733. The number of hydrogen-bond donors (Lipinski definition) is 1. The number of carbonyl (C=O) groups excluding carboxylic acids is 2. The van der Waals surface area contributed by atoms with Crippen molar-refractivity contribution in [3.05, 3.63) is 59.7 Å². The van der Waals surface area contributed by atoms with Crippen LogP contribution in [0.25, 0.3) is 0 Å². The number of hydrogen-bond acceptors (Lipinski definition) is 5. The summed E-state index contributed by atoms with van der Waals surface area (Å²) in [5.74, 6) is -1.01. The van der Waals surface area contributed by atoms with Gasteiger partial charge in [0.2, 0.25) is 15.9 Å². The summed E-state index contributed by atoms with van der Waals surface area (Å²) in [6.45, 7) is 3.45. The predicted molar refractivity (Wildman–Crippen MR) is 102 cm³/mol. The number of likely N-dealkylation sites (N-methyl/N-ethyl adjacent to an activating group) is 1. The van der Waals surface area contributed by atoms with Crippen LogP contribution in [0, 0.1) is 6.92 Å². The lowest BCUT2D eigenvalue weighted by Crippen LogP contribution is -2.35. The highest BCUT2D eigenvalue weighted by atomic mass is 32.2. The molecular formula is C19H22N2O5S. The van der Waals surface area contributed by atoms with Crippen LogP contribution in [-0.4, -0.2) is 44.8 Å². The van der Waals surface area contributed by atoms with E-state index in [9.17, 15) is 18.0 Å². The molecule has 0 saturated heterocycles. The summed E-state index contributed by atoms with van der Waals surface area (Å²) in [7, 11) is -2.44. The Morgan fingerprint density at radius 1 is 1.11 bits per heavy atom. The van der Waals surface area contributed by atoms with Gasteiger partial charge in [0.1, 0.15) is 0 Å². The molecule has 27 heavy (non-hydrogen) atoms. The normalized spacial score (nSPS) is 11.3. The van der Waals surface area contributed by atoms with Gasteiger partial charge in [-0.3, -0.25) is 4.79 Å². The van der Waals surface area contributed by atoms with E-state index in [1.165, 1.54) is 25.2 Å². The van der Waals surface area contributed by atoms with Gasteiger partial charge in [0, 0.05) is 12.7 Å². The van der Waals surface area contributed by atoms with Crippen LogP contribution in [0.4, 0.5) is 5.69 Å². The van der Waals surface area contributed by atoms with E-state index in [4.69, 9.17) is 4.74 Å². The van der Waals surface area contributed by atoms with Gasteiger partial charge in [-0.1, -0.05) is 23.8 Å². The first kappa shape index (κ1) is 20.6. The summed E-state index contributed by atoms with van der Waals surface area (Å²) in [5.41, 5.74) is 1.62. The summed E-state index contributed by atoms with van der Waals surface area (Å²) in [4.78, 5) is 24.1. The van der Waals surface area contributed by atoms with Gasteiger partial charge in [-0.15, -0.1) is 0 Å². The summed E-state index contributed by atoms with van der Waals surface area (Å²) >= 11 is 0. The third-order valence-corrected chi connectivity index (χ3v) is 5.57. The van der Waals surface area contributed by atoms with E-state index < -0.39 is 21.9 Å². The highest BCUT2D eigenvalue weighted by Gasteiger charge is 2.23. The van der Waals surface area contributed by atoms with E-state index in [0.717, 1.165) is 9.87 Å². The zero-order valence-corrected chi connectivity index (χ0v) is 16.2. The molecule has 2 rings (SSSR count). The number of aryl methyl sites for hydroxylation is 1. The van der Waals surface area contributed by atoms with E-state index >= 15 is 0 Å². The molecule has 0 aliphatic carbocycles. The molecule has 0 radical (unpaired) electrons. The second-order valence-corrected chi connectivity index (χ2v) is 7.97. The fraction of sp³-hybridized carbons (Fsp3) is 0.263. The average molecular weight is 390 g/mol. The smallest absolute Gasteiger partial charge is 0.338 e. The predicted octanol–water partition coefficient (Wildman–Crippen LogP) is 2.43. The summed E-state index contributed by atoms with van der Waals surface area (Å²) in [6, 6.07) is 12.7. The maximum atomic E-state index is 12.5. The Hall–Kier alpha value is -2.71. The molecule has 8 heteroatoms. The average Bonchev–Trinajstić information content (AvgIpc) is 2.62. The van der Waals surface area contributed by atoms with Crippen molar-refractivity contribution in [2.45, 2.75) is 18.7 Å². The molecule has 0 heterocycles. The van der Waals surface area contributed by atoms with Crippen molar-refractivity contribution in [3.8, 4) is 0 Å². The zero-order chi connectivity index (χ0) is 20.0. The first-order valence-corrected chi connectivity index (χ1v) is 9.78. The topological polar surface area (TPSA) is 92.8 Å². The minimum Gasteiger partial charge on any atom is -0.462 e. The molecule has 0 atom stereocenters. The van der Waals surface area contributed by atoms with Crippen LogP contribution < -0.4 is 5.32 Å². The van der Waals surface area contributed by atoms with Crippen LogP contribution in [0.3, 0.4) is 0 Å². The Bertz CT molecular complexity index is 923. The van der Waals surface area contributed by atoms with Crippen molar-refractivity contribution in [3.63, 3.8) is 0 Å². The van der Waals surface area contributed by atoms with Crippen molar-refractivity contribution in [1.82, 2.24) is 4.31 Å². The summed E-state index contributed by atoms with van der Waals surface area (Å²) in [6.07, 6.45) is 0. The monoisotopic (exact) mass is 390 g/mol. The van der Waals surface area contributed by atoms with Gasteiger partial charge in [-0.2, -0.15) is 4.31 Å². The molecule has 0 aromatic heterocycles. The molecule has 144 valence electrons. The molecule has 0 saturated carbocycles. The third kappa shape index (κ3) is 5.38. The van der Waals surface area contributed by atoms with Gasteiger partial charge in [0.05, 0.1) is 23.6 Å². The number of rotatable bonds is 7. The molecule has 0 bridgehead atoms. The first-order valence-electron chi connectivity index (χ1n) is 8.34. The van der Waals surface area contributed by atoms with Gasteiger partial charge >= 0.3 is 5.97 Å². The van der Waals surface area contributed by atoms with Gasteiger partial charge in [0.15, 0.2) is 0 Å². The second kappa shape index (κ2) is 8.79. The maximum Gasteiger partial charge on any atom is 0.338 e. The van der Waals surface area contributed by atoms with E-state index in [0.29, 0.717) is 11.3 Å². The Labute approximate surface area is 159 Å². The number of ether oxygens (including phenoxy) is 1. The van der Waals surface area contributed by atoms with Crippen LogP contribution in [0.5, 0.6) is 0 Å². The number of carbonyl (C=O) groups is 2. The molecule has 0 fully saturated rings. The lowest BCUT2D eigenvalue weighted by Gasteiger charge is -2.17. The fourth-order valence-electron chi connectivity index (χ4n) is 2.32. The minimum absolute atomic E-state index is 0.118. The van der Waals surface area contributed by atoms with E-state index in [2.05, 4.69) is 5.32 Å². The number of sulfonamides is 1. The van der Waals surface area contributed by atoms with Gasteiger partial charge in [0.25, 0.3) is 0 Å². The van der Waals surface area contributed by atoms with E-state index in [-0.39, 0.29) is 18.0 Å². The largest absolute Gasteiger partial charge is 0.462 e. The summed E-state index contributed by atoms with van der Waals surface area (Å²) < 4.78 is 31.0. The maximum absolute atomic E-state index is 12.5. The molecule has 1 amide bonds. The molecule has 0 unspecified atom stereocenters. The highest BCUT2D eigenvalue weighted by molar-refractivity contribution is 7.89. The molecule has 2 aromatic carbocycles. The number of amides is 1. The molecular weight excluding hydrogens is 368 g/mol. The Kier molecular flexibility index (Phi) is 6.70. The van der Waals surface area contributed by atoms with Crippen LogP contribution in [-0.2, 0) is 19.6 Å². The number of benzene rings is 2. The molecule has 7 nitrogen and oxygen atoms in total. The molecule has 0 aliphatic heterocycles. The SMILES string of the molecule is CCOC(=O)c1cccc(NC(=O)CN(C)S(=O)(=O)c2ccc(C)cc2)c1. The standard InChI is InChI=1S/C19H22N2O5S/c1-4-26-19(23)15-6-5-7-16(12-15)20-18(22)13-21(3)27(24,25)17-10-8-14(2)9-11-17/h5-12H,4,13H2,1-3H3,(H,20,22). The van der Waals surface area contributed by atoms with Crippen molar-refractivity contribution >= 4 is 27.6 Å². The Balaban J connectivity index is 2.06. The van der Waals surface area contributed by atoms with Crippen LogP contribution in [0.1, 0.15) is 22.8 Å². The molecule has 2 aromatic rings. The second-order valence-electron chi connectivity index (χ2n) is 5.92. The fourth-order valence-corrected chi connectivity index (χ4v) is 3.44. The lowest BCUT2D eigenvalue weighted by atomic mass is 10.2. The third-order valence-electron chi connectivity index (χ3n) is 3.75. The van der Waals surface area contributed by atoms with E-state index in [1.807, 2.05) is 6.92 Å². The van der Waals surface area contributed by atoms with Gasteiger partial charge in [-0.05, 0) is 44.2 Å².